The van der Waals surface area contributed by atoms with Crippen LogP contribution in [0.5, 0.6) is 0 Å². The summed E-state index contributed by atoms with van der Waals surface area (Å²) in [4.78, 5) is -0.200. The van der Waals surface area contributed by atoms with Gasteiger partial charge in [0.2, 0.25) is 10.0 Å². The van der Waals surface area contributed by atoms with Gasteiger partial charge in [-0.1, -0.05) is 19.9 Å². The van der Waals surface area contributed by atoms with Crippen molar-refractivity contribution in [2.24, 2.45) is 5.92 Å². The van der Waals surface area contributed by atoms with Crippen LogP contribution in [0, 0.1) is 11.7 Å². The lowest BCUT2D eigenvalue weighted by atomic mass is 10.2. The number of nitrogens with zero attached hydrogens (tertiary/aromatic N) is 1. The number of anilines is 1. The molecule has 1 aromatic carbocycles. The molecule has 0 aromatic heterocycles. The van der Waals surface area contributed by atoms with E-state index in [1.807, 2.05) is 13.8 Å². The maximum atomic E-state index is 13.5. The number of ether oxygens (including phenoxy) is 1. The Labute approximate surface area is 119 Å². The minimum Gasteiger partial charge on any atom is -0.395 e. The number of hydrogen-bond donors (Lipinski definition) is 1. The first-order valence-electron chi connectivity index (χ1n) is 6.33. The number of methoxy groups -OCH3 is 1. The van der Waals surface area contributed by atoms with E-state index in [9.17, 15) is 12.8 Å². The van der Waals surface area contributed by atoms with Crippen molar-refractivity contribution in [2.75, 3.05) is 32.5 Å². The lowest BCUT2D eigenvalue weighted by Gasteiger charge is -2.24. The maximum Gasteiger partial charge on any atom is 0.245 e. The Balaban J connectivity index is 3.18. The Morgan fingerprint density at radius 3 is 2.60 bits per heavy atom. The standard InChI is InChI=1S/C13H21FN2O3S/c1-10(2)9-16(7-8-19-3)20(17,18)12-6-4-5-11(14)13(12)15/h4-6,10H,7-9,15H2,1-3H3. The molecule has 0 aliphatic rings. The van der Waals surface area contributed by atoms with Crippen LogP contribution < -0.4 is 5.73 Å². The third-order valence-corrected chi connectivity index (χ3v) is 4.67. The molecular formula is C13H21FN2O3S. The minimum atomic E-state index is -3.83. The number of halogens is 1. The van der Waals surface area contributed by atoms with Crippen LogP contribution in [0.2, 0.25) is 0 Å². The van der Waals surface area contributed by atoms with Crippen molar-refractivity contribution < 1.29 is 17.5 Å². The van der Waals surface area contributed by atoms with Gasteiger partial charge in [-0.05, 0) is 18.1 Å². The zero-order chi connectivity index (χ0) is 15.3. The summed E-state index contributed by atoms with van der Waals surface area (Å²) in [7, 11) is -2.34. The molecule has 0 saturated heterocycles. The molecule has 0 bridgehead atoms. The van der Waals surface area contributed by atoms with Crippen LogP contribution in [-0.2, 0) is 14.8 Å². The smallest absolute Gasteiger partial charge is 0.245 e. The van der Waals surface area contributed by atoms with Gasteiger partial charge >= 0.3 is 0 Å². The van der Waals surface area contributed by atoms with Gasteiger partial charge in [-0.3, -0.25) is 0 Å². The SMILES string of the molecule is COCCN(CC(C)C)S(=O)(=O)c1cccc(F)c1N. The van der Waals surface area contributed by atoms with Crippen LogP contribution in [0.1, 0.15) is 13.8 Å². The van der Waals surface area contributed by atoms with Crippen molar-refractivity contribution in [1.29, 1.82) is 0 Å². The maximum absolute atomic E-state index is 13.5. The molecule has 0 unspecified atom stereocenters. The predicted molar refractivity (Wildman–Crippen MR) is 76.3 cm³/mol. The van der Waals surface area contributed by atoms with Crippen LogP contribution in [0.25, 0.3) is 0 Å². The summed E-state index contributed by atoms with van der Waals surface area (Å²) < 4.78 is 44.8. The highest BCUT2D eigenvalue weighted by molar-refractivity contribution is 7.89. The highest BCUT2D eigenvalue weighted by Crippen LogP contribution is 2.25. The fourth-order valence-corrected chi connectivity index (χ4v) is 3.50. The minimum absolute atomic E-state index is 0.136. The van der Waals surface area contributed by atoms with Gasteiger partial charge in [0.25, 0.3) is 0 Å². The number of nitrogens with two attached hydrogens (primary N) is 1. The summed E-state index contributed by atoms with van der Waals surface area (Å²) in [6, 6.07) is 3.78. The van der Waals surface area contributed by atoms with E-state index in [2.05, 4.69) is 0 Å². The molecule has 0 aliphatic carbocycles. The normalized spacial score (nSPS) is 12.3. The van der Waals surface area contributed by atoms with Crippen LogP contribution in [0.3, 0.4) is 0 Å². The van der Waals surface area contributed by atoms with E-state index in [0.717, 1.165) is 6.07 Å². The van der Waals surface area contributed by atoms with Crippen molar-refractivity contribution in [1.82, 2.24) is 4.31 Å². The molecule has 2 N–H and O–H groups in total. The molecule has 20 heavy (non-hydrogen) atoms. The van der Waals surface area contributed by atoms with Crippen molar-refractivity contribution >= 4 is 15.7 Å². The highest BCUT2D eigenvalue weighted by atomic mass is 32.2. The number of nitrogen functional groups attached to an aromatic ring is 1. The summed E-state index contributed by atoms with van der Waals surface area (Å²) >= 11 is 0. The van der Waals surface area contributed by atoms with Gasteiger partial charge in [-0.15, -0.1) is 0 Å². The van der Waals surface area contributed by atoms with E-state index in [1.54, 1.807) is 0 Å². The molecular weight excluding hydrogens is 283 g/mol. The second-order valence-electron chi connectivity index (χ2n) is 4.90. The van der Waals surface area contributed by atoms with Gasteiger partial charge < -0.3 is 10.5 Å². The second-order valence-corrected chi connectivity index (χ2v) is 6.81. The molecule has 1 aromatic rings. The summed E-state index contributed by atoms with van der Waals surface area (Å²) in [6.45, 7) is 4.60. The third kappa shape index (κ3) is 3.91. The van der Waals surface area contributed by atoms with Crippen LogP contribution in [0.4, 0.5) is 10.1 Å². The third-order valence-electron chi connectivity index (χ3n) is 2.74. The molecule has 7 heteroatoms. The number of benzene rings is 1. The average Bonchev–Trinajstić information content (AvgIpc) is 2.37. The second kappa shape index (κ2) is 7.01. The first-order chi connectivity index (χ1) is 9.30. The van der Waals surface area contributed by atoms with Crippen molar-refractivity contribution in [3.63, 3.8) is 0 Å². The van der Waals surface area contributed by atoms with Gasteiger partial charge in [-0.2, -0.15) is 4.31 Å². The summed E-state index contributed by atoms with van der Waals surface area (Å²) in [5.74, 6) is -0.598. The number of rotatable bonds is 7. The quantitative estimate of drug-likeness (QED) is 0.778. The fourth-order valence-electron chi connectivity index (χ4n) is 1.79. The summed E-state index contributed by atoms with van der Waals surface area (Å²) in [5.41, 5.74) is 5.21. The van der Waals surface area contributed by atoms with Crippen molar-refractivity contribution in [3.8, 4) is 0 Å². The molecule has 0 radical (unpaired) electrons. The highest BCUT2D eigenvalue weighted by Gasteiger charge is 2.27. The van der Waals surface area contributed by atoms with Gasteiger partial charge in [0.1, 0.15) is 10.7 Å². The van der Waals surface area contributed by atoms with E-state index >= 15 is 0 Å². The van der Waals surface area contributed by atoms with E-state index < -0.39 is 15.8 Å². The van der Waals surface area contributed by atoms with Gasteiger partial charge in [0.15, 0.2) is 0 Å². The zero-order valence-corrected chi connectivity index (χ0v) is 12.8. The van der Waals surface area contributed by atoms with E-state index in [-0.39, 0.29) is 29.7 Å². The molecule has 1 rings (SSSR count). The molecule has 114 valence electrons. The molecule has 0 amide bonds. The first kappa shape index (κ1) is 16.9. The largest absolute Gasteiger partial charge is 0.395 e. The van der Waals surface area contributed by atoms with Crippen molar-refractivity contribution in [2.45, 2.75) is 18.7 Å². The van der Waals surface area contributed by atoms with Crippen LogP contribution in [0.15, 0.2) is 23.1 Å². The average molecular weight is 304 g/mol. The Morgan fingerprint density at radius 1 is 1.40 bits per heavy atom. The Kier molecular flexibility index (Phi) is 5.91. The predicted octanol–water partition coefficient (Wildman–Crippen LogP) is 1.70. The molecule has 0 saturated carbocycles. The topological polar surface area (TPSA) is 72.6 Å². The van der Waals surface area contributed by atoms with E-state index in [1.165, 1.54) is 23.5 Å². The van der Waals surface area contributed by atoms with Crippen LogP contribution >= 0.6 is 0 Å². The van der Waals surface area contributed by atoms with E-state index in [0.29, 0.717) is 6.54 Å². The Hall–Kier alpha value is -1.18. The summed E-state index contributed by atoms with van der Waals surface area (Å²) in [5, 5.41) is 0. The lowest BCUT2D eigenvalue weighted by molar-refractivity contribution is 0.175. The molecule has 0 heterocycles. The van der Waals surface area contributed by atoms with E-state index in [4.69, 9.17) is 10.5 Å². The molecule has 5 nitrogen and oxygen atoms in total. The monoisotopic (exact) mass is 304 g/mol. The Bertz CT molecular complexity index is 547. The van der Waals surface area contributed by atoms with Gasteiger partial charge in [-0.25, -0.2) is 12.8 Å². The number of para-hydroxylation sites is 1. The molecule has 0 aliphatic heterocycles. The molecule has 0 fully saturated rings. The number of sulfonamides is 1. The Morgan fingerprint density at radius 2 is 2.05 bits per heavy atom. The van der Waals surface area contributed by atoms with Crippen molar-refractivity contribution in [3.05, 3.63) is 24.0 Å². The van der Waals surface area contributed by atoms with Gasteiger partial charge in [0, 0.05) is 20.2 Å². The molecule has 0 atom stereocenters. The first-order valence-corrected chi connectivity index (χ1v) is 7.77. The lowest BCUT2D eigenvalue weighted by Crippen LogP contribution is -2.37. The van der Waals surface area contributed by atoms with Crippen LogP contribution in [-0.4, -0.2) is 39.5 Å². The number of hydrogen-bond acceptors (Lipinski definition) is 4. The zero-order valence-electron chi connectivity index (χ0n) is 12.0. The fraction of sp³-hybridized carbons (Fsp3) is 0.538. The molecule has 0 spiro atoms. The van der Waals surface area contributed by atoms with Gasteiger partial charge in [0.05, 0.1) is 12.3 Å². The summed E-state index contributed by atoms with van der Waals surface area (Å²) in [6.07, 6.45) is 0.